The normalized spacial score (nSPS) is 9.61. The fourth-order valence-electron chi connectivity index (χ4n) is 1.89. The van der Waals surface area contributed by atoms with Crippen LogP contribution in [0.5, 0.6) is 0 Å². The average molecular weight is 346 g/mol. The van der Waals surface area contributed by atoms with E-state index in [1.165, 1.54) is 5.56 Å². The van der Waals surface area contributed by atoms with Crippen molar-refractivity contribution in [2.45, 2.75) is 10.8 Å². The van der Waals surface area contributed by atoms with Crippen LogP contribution in [0, 0.1) is 0 Å². The predicted molar refractivity (Wildman–Crippen MR) is 87.8 cm³/mol. The van der Waals surface area contributed by atoms with Crippen LogP contribution >= 0.6 is 23.4 Å². The number of rotatable bonds is 4. The Morgan fingerprint density at radius 3 is 2.39 bits per heavy atom. The van der Waals surface area contributed by atoms with Crippen LogP contribution in [0.3, 0.4) is 0 Å². The number of benzene rings is 2. The quantitative estimate of drug-likeness (QED) is 0.727. The average Bonchev–Trinajstić information content (AvgIpc) is 3.08. The van der Waals surface area contributed by atoms with Crippen molar-refractivity contribution in [2.75, 3.05) is 0 Å². The summed E-state index contributed by atoms with van der Waals surface area (Å²) < 4.78 is 0. The molecule has 0 saturated carbocycles. The Hall–Kier alpha value is -2.40. The second-order valence-electron chi connectivity index (χ2n) is 4.36. The third kappa shape index (κ3) is 5.07. The molecule has 1 heterocycles. The van der Waals surface area contributed by atoms with Gasteiger partial charge in [-0.05, 0) is 17.2 Å². The first-order chi connectivity index (χ1) is 11.2. The lowest BCUT2D eigenvalue weighted by atomic mass is 10.0. The summed E-state index contributed by atoms with van der Waals surface area (Å²) in [6, 6.07) is 16.3. The summed E-state index contributed by atoms with van der Waals surface area (Å²) in [6.45, 7) is 0. The van der Waals surface area contributed by atoms with E-state index in [0.717, 1.165) is 26.9 Å². The molecule has 0 fully saturated rings. The second kappa shape index (κ2) is 8.90. The van der Waals surface area contributed by atoms with E-state index in [9.17, 15) is 0 Å². The molecule has 7 heteroatoms. The smallest absolute Gasteiger partial charge is 0.197 e. The van der Waals surface area contributed by atoms with E-state index in [1.807, 2.05) is 24.3 Å². The van der Waals surface area contributed by atoms with Gasteiger partial charge in [-0.1, -0.05) is 65.8 Å². The molecule has 0 spiro atoms. The molecule has 3 aromatic rings. The molecule has 0 saturated heterocycles. The van der Waals surface area contributed by atoms with E-state index >= 15 is 0 Å². The standard InChI is InChI=1S/C15H12ClN3S.CO2/c16-14-4-2-1-3-13(14)12-7-5-11(6-8-12)10-20-15-9-17-19-18-15;2-1-3/h1-9H,10H2,(H,17,18,19);. The zero-order chi connectivity index (χ0) is 16.5. The van der Waals surface area contributed by atoms with Crippen LogP contribution in [-0.4, -0.2) is 21.6 Å². The summed E-state index contributed by atoms with van der Waals surface area (Å²) in [6.07, 6.45) is 1.97. The highest BCUT2D eigenvalue weighted by Gasteiger charge is 2.03. The lowest BCUT2D eigenvalue weighted by Gasteiger charge is -2.05. The van der Waals surface area contributed by atoms with E-state index in [-0.39, 0.29) is 6.15 Å². The van der Waals surface area contributed by atoms with Gasteiger partial charge in [-0.15, -0.1) is 5.10 Å². The highest BCUT2D eigenvalue weighted by atomic mass is 35.5. The number of thioether (sulfide) groups is 1. The number of hydrogen-bond acceptors (Lipinski definition) is 5. The van der Waals surface area contributed by atoms with Crippen molar-refractivity contribution in [3.05, 3.63) is 65.3 Å². The van der Waals surface area contributed by atoms with Gasteiger partial charge in [-0.25, -0.2) is 0 Å². The maximum absolute atomic E-state index is 8.12. The zero-order valence-corrected chi connectivity index (χ0v) is 13.5. The van der Waals surface area contributed by atoms with Crippen LogP contribution in [0.2, 0.25) is 5.02 Å². The fourth-order valence-corrected chi connectivity index (χ4v) is 2.88. The number of H-pyrrole nitrogens is 1. The van der Waals surface area contributed by atoms with Crippen molar-refractivity contribution in [3.63, 3.8) is 0 Å². The Bertz CT molecular complexity index is 770. The Balaban J connectivity index is 0.000000595. The number of halogens is 1. The Morgan fingerprint density at radius 2 is 1.78 bits per heavy atom. The molecule has 1 aromatic heterocycles. The maximum atomic E-state index is 8.12. The van der Waals surface area contributed by atoms with Crippen LogP contribution in [0.4, 0.5) is 0 Å². The molecule has 0 aliphatic carbocycles. The van der Waals surface area contributed by atoms with Gasteiger partial charge in [0.05, 0.1) is 6.20 Å². The van der Waals surface area contributed by atoms with E-state index in [2.05, 4.69) is 39.7 Å². The van der Waals surface area contributed by atoms with Crippen LogP contribution in [0.25, 0.3) is 11.1 Å². The fraction of sp³-hybridized carbons (Fsp3) is 0.0625. The summed E-state index contributed by atoms with van der Waals surface area (Å²) >= 11 is 7.86. The Kier molecular flexibility index (Phi) is 6.56. The monoisotopic (exact) mass is 345 g/mol. The first-order valence-corrected chi connectivity index (χ1v) is 7.92. The van der Waals surface area contributed by atoms with E-state index < -0.39 is 0 Å². The molecule has 2 aromatic carbocycles. The molecule has 23 heavy (non-hydrogen) atoms. The van der Waals surface area contributed by atoms with Gasteiger partial charge in [0.2, 0.25) is 0 Å². The van der Waals surface area contributed by atoms with Crippen molar-refractivity contribution in [1.29, 1.82) is 0 Å². The zero-order valence-electron chi connectivity index (χ0n) is 11.9. The molecule has 0 atom stereocenters. The summed E-state index contributed by atoms with van der Waals surface area (Å²) in [5.74, 6) is 0.870. The van der Waals surface area contributed by atoms with E-state index in [0.29, 0.717) is 0 Å². The van der Waals surface area contributed by atoms with Gasteiger partial charge >= 0.3 is 6.15 Å². The van der Waals surface area contributed by atoms with Crippen molar-refractivity contribution in [2.24, 2.45) is 0 Å². The van der Waals surface area contributed by atoms with E-state index in [4.69, 9.17) is 21.2 Å². The van der Waals surface area contributed by atoms with Gasteiger partial charge < -0.3 is 0 Å². The molecule has 0 unspecified atom stereocenters. The van der Waals surface area contributed by atoms with Crippen molar-refractivity contribution < 1.29 is 9.59 Å². The maximum Gasteiger partial charge on any atom is 0.373 e. The van der Waals surface area contributed by atoms with Crippen molar-refractivity contribution in [3.8, 4) is 11.1 Å². The molecular weight excluding hydrogens is 334 g/mol. The molecule has 3 rings (SSSR count). The molecule has 1 N–H and O–H groups in total. The molecule has 0 bridgehead atoms. The van der Waals surface area contributed by atoms with E-state index in [1.54, 1.807) is 18.0 Å². The summed E-state index contributed by atoms with van der Waals surface area (Å²) in [5, 5.41) is 12.1. The lowest BCUT2D eigenvalue weighted by molar-refractivity contribution is -0.191. The molecule has 0 radical (unpaired) electrons. The van der Waals surface area contributed by atoms with Gasteiger partial charge in [0, 0.05) is 16.3 Å². The largest absolute Gasteiger partial charge is 0.373 e. The number of aromatic nitrogens is 3. The lowest BCUT2D eigenvalue weighted by Crippen LogP contribution is -1.83. The van der Waals surface area contributed by atoms with Crippen LogP contribution in [0.15, 0.2) is 59.8 Å². The molecule has 0 amide bonds. The molecule has 0 aliphatic heterocycles. The number of nitrogens with zero attached hydrogens (tertiary/aromatic N) is 2. The summed E-state index contributed by atoms with van der Waals surface area (Å²) in [5.41, 5.74) is 3.43. The molecule has 5 nitrogen and oxygen atoms in total. The van der Waals surface area contributed by atoms with Gasteiger partial charge in [0.1, 0.15) is 5.03 Å². The first-order valence-electron chi connectivity index (χ1n) is 6.56. The van der Waals surface area contributed by atoms with Gasteiger partial charge in [-0.3, -0.25) is 0 Å². The minimum absolute atomic E-state index is 0.250. The number of aromatic amines is 1. The third-order valence-corrected chi connectivity index (χ3v) is 4.22. The molecule has 0 aliphatic rings. The number of nitrogens with one attached hydrogen (secondary N) is 1. The van der Waals surface area contributed by atoms with Crippen molar-refractivity contribution >= 4 is 29.5 Å². The van der Waals surface area contributed by atoms with Gasteiger partial charge in [-0.2, -0.15) is 19.9 Å². The third-order valence-electron chi connectivity index (χ3n) is 2.92. The minimum atomic E-state index is 0.250. The summed E-state index contributed by atoms with van der Waals surface area (Å²) in [4.78, 5) is 16.2. The van der Waals surface area contributed by atoms with Crippen molar-refractivity contribution in [1.82, 2.24) is 15.4 Å². The highest BCUT2D eigenvalue weighted by molar-refractivity contribution is 7.98. The van der Waals surface area contributed by atoms with Gasteiger partial charge in [0.25, 0.3) is 0 Å². The second-order valence-corrected chi connectivity index (χ2v) is 5.76. The van der Waals surface area contributed by atoms with Crippen LogP contribution < -0.4 is 0 Å². The Labute approximate surface area is 142 Å². The molecule has 116 valence electrons. The Morgan fingerprint density at radius 1 is 1.09 bits per heavy atom. The highest BCUT2D eigenvalue weighted by Crippen LogP contribution is 2.28. The van der Waals surface area contributed by atoms with Gasteiger partial charge in [0.15, 0.2) is 0 Å². The van der Waals surface area contributed by atoms with Crippen LogP contribution in [0.1, 0.15) is 5.56 Å². The molecular formula is C16H12ClN3O2S. The SMILES string of the molecule is Clc1ccccc1-c1ccc(CSc2cn[nH]n2)cc1.O=C=O. The topological polar surface area (TPSA) is 75.7 Å². The number of hydrogen-bond donors (Lipinski definition) is 1. The minimum Gasteiger partial charge on any atom is -0.197 e. The summed E-state index contributed by atoms with van der Waals surface area (Å²) in [7, 11) is 0. The first kappa shape index (κ1) is 17.0. The predicted octanol–water partition coefficient (Wildman–Crippen LogP) is 3.83. The van der Waals surface area contributed by atoms with Crippen LogP contribution in [-0.2, 0) is 15.3 Å². The number of carbonyl (C=O) groups excluding carboxylic acids is 2.